The van der Waals surface area contributed by atoms with Gasteiger partial charge in [0.15, 0.2) is 0 Å². The van der Waals surface area contributed by atoms with Crippen molar-refractivity contribution >= 4 is 30.4 Å². The standard InChI is InChI=1S/C26H29F2IN2OS/c1-6-16(4)20-11-25(22(14-32-33-29)18-8-7-9-30-13-18)31-26(17(20)5)21-10-19(15(2)3)23(27)12-24(21)28/h7-13,15-16,22H,6,14H2,1-5H3. The van der Waals surface area contributed by atoms with Crippen molar-refractivity contribution in [3.8, 4) is 11.3 Å². The minimum atomic E-state index is -0.600. The van der Waals surface area contributed by atoms with E-state index in [1.165, 1.54) is 9.21 Å². The maximum Gasteiger partial charge on any atom is 0.135 e. The van der Waals surface area contributed by atoms with E-state index >= 15 is 4.39 Å². The molecule has 0 aliphatic heterocycles. The summed E-state index contributed by atoms with van der Waals surface area (Å²) in [6.45, 7) is 10.5. The van der Waals surface area contributed by atoms with Gasteiger partial charge >= 0.3 is 0 Å². The van der Waals surface area contributed by atoms with Crippen LogP contribution in [0.4, 0.5) is 8.78 Å². The maximum absolute atomic E-state index is 15.1. The first-order valence-corrected chi connectivity index (χ1v) is 14.4. The number of hydrogen-bond acceptors (Lipinski definition) is 4. The molecule has 1 aromatic carbocycles. The summed E-state index contributed by atoms with van der Waals surface area (Å²) < 4.78 is 35.3. The van der Waals surface area contributed by atoms with Gasteiger partial charge in [0, 0.05) is 45.2 Å². The number of hydrogen-bond donors (Lipinski definition) is 0. The summed E-state index contributed by atoms with van der Waals surface area (Å²) in [5, 5.41) is 0. The van der Waals surface area contributed by atoms with Gasteiger partial charge in [0.2, 0.25) is 0 Å². The molecule has 0 fully saturated rings. The SMILES string of the molecule is CCC(C)c1cc(C(COSI)c2cccnc2)nc(-c2cc(C(C)C)c(F)cc2F)c1C. The van der Waals surface area contributed by atoms with E-state index in [0.717, 1.165) is 34.9 Å². The molecule has 0 radical (unpaired) electrons. The lowest BCUT2D eigenvalue weighted by Gasteiger charge is -2.23. The zero-order valence-electron chi connectivity index (χ0n) is 19.5. The Morgan fingerprint density at radius 1 is 1.09 bits per heavy atom. The van der Waals surface area contributed by atoms with Crippen molar-refractivity contribution in [2.24, 2.45) is 0 Å². The molecule has 2 unspecified atom stereocenters. The molecule has 176 valence electrons. The third-order valence-electron chi connectivity index (χ3n) is 6.16. The van der Waals surface area contributed by atoms with Crippen LogP contribution in [0.25, 0.3) is 11.3 Å². The molecule has 3 nitrogen and oxygen atoms in total. The molecule has 0 aliphatic carbocycles. The summed E-state index contributed by atoms with van der Waals surface area (Å²) in [5.74, 6) is -1.11. The average Bonchev–Trinajstić information content (AvgIpc) is 2.80. The second-order valence-corrected chi connectivity index (χ2v) is 10.1. The fourth-order valence-electron chi connectivity index (χ4n) is 4.04. The van der Waals surface area contributed by atoms with Crippen LogP contribution in [0.1, 0.15) is 79.8 Å². The van der Waals surface area contributed by atoms with Gasteiger partial charge in [0.05, 0.1) is 33.1 Å². The molecule has 3 rings (SSSR count). The first-order chi connectivity index (χ1) is 15.8. The average molecular weight is 582 g/mol. The Kier molecular flexibility index (Phi) is 9.24. The van der Waals surface area contributed by atoms with Crippen molar-refractivity contribution in [2.45, 2.75) is 58.8 Å². The van der Waals surface area contributed by atoms with Gasteiger partial charge in [-0.1, -0.05) is 33.8 Å². The molecule has 0 saturated heterocycles. The third kappa shape index (κ3) is 5.92. The molecule has 7 heteroatoms. The molecule has 0 aliphatic rings. The summed E-state index contributed by atoms with van der Waals surface area (Å²) in [6, 6.07) is 8.59. The van der Waals surface area contributed by atoms with Crippen LogP contribution in [0.15, 0.2) is 42.7 Å². The predicted molar refractivity (Wildman–Crippen MR) is 141 cm³/mol. The van der Waals surface area contributed by atoms with Crippen LogP contribution in [0.3, 0.4) is 0 Å². The Morgan fingerprint density at radius 3 is 2.45 bits per heavy atom. The molecule has 2 heterocycles. The Hall–Kier alpha value is -1.58. The van der Waals surface area contributed by atoms with Gasteiger partial charge in [0.1, 0.15) is 11.6 Å². The summed E-state index contributed by atoms with van der Waals surface area (Å²) in [7, 11) is 1.27. The lowest BCUT2D eigenvalue weighted by atomic mass is 9.87. The van der Waals surface area contributed by atoms with E-state index in [4.69, 9.17) is 9.17 Å². The highest BCUT2D eigenvalue weighted by molar-refractivity contribution is 14.2. The molecule has 33 heavy (non-hydrogen) atoms. The summed E-state index contributed by atoms with van der Waals surface area (Å²) in [6.07, 6.45) is 4.48. The minimum absolute atomic E-state index is 0.0703. The molecule has 0 amide bonds. The van der Waals surface area contributed by atoms with Crippen LogP contribution >= 0.6 is 30.4 Å². The van der Waals surface area contributed by atoms with E-state index in [9.17, 15) is 4.39 Å². The lowest BCUT2D eigenvalue weighted by molar-refractivity contribution is 0.358. The molecular formula is C26H29F2IN2OS. The predicted octanol–water partition coefficient (Wildman–Crippen LogP) is 8.51. The topological polar surface area (TPSA) is 35.0 Å². The zero-order valence-corrected chi connectivity index (χ0v) is 22.5. The maximum atomic E-state index is 15.1. The fourth-order valence-corrected chi connectivity index (χ4v) is 4.67. The Morgan fingerprint density at radius 2 is 1.85 bits per heavy atom. The van der Waals surface area contributed by atoms with Crippen LogP contribution in [-0.4, -0.2) is 16.6 Å². The van der Waals surface area contributed by atoms with Gasteiger partial charge < -0.3 is 4.18 Å². The monoisotopic (exact) mass is 582 g/mol. The van der Waals surface area contributed by atoms with Gasteiger partial charge in [-0.2, -0.15) is 0 Å². The third-order valence-corrected chi connectivity index (χ3v) is 7.15. The van der Waals surface area contributed by atoms with Crippen molar-refractivity contribution in [3.05, 3.63) is 82.3 Å². The zero-order chi connectivity index (χ0) is 24.1. The van der Waals surface area contributed by atoms with Gasteiger partial charge in [0.25, 0.3) is 0 Å². The summed E-state index contributed by atoms with van der Waals surface area (Å²) in [4.78, 5) is 9.23. The normalized spacial score (nSPS) is 13.4. The van der Waals surface area contributed by atoms with E-state index in [-0.39, 0.29) is 17.8 Å². The molecular weight excluding hydrogens is 553 g/mol. The second kappa shape index (κ2) is 11.7. The summed E-state index contributed by atoms with van der Waals surface area (Å²) in [5.41, 5.74) is 5.17. The van der Waals surface area contributed by atoms with E-state index < -0.39 is 11.6 Å². The number of pyridine rings is 2. The van der Waals surface area contributed by atoms with Crippen molar-refractivity contribution < 1.29 is 13.0 Å². The Bertz CT molecular complexity index is 1100. The van der Waals surface area contributed by atoms with Crippen LogP contribution in [0, 0.1) is 18.6 Å². The Balaban J connectivity index is 2.28. The number of halogens is 3. The number of nitrogens with zero attached hydrogens (tertiary/aromatic N) is 2. The molecule has 3 aromatic rings. The van der Waals surface area contributed by atoms with Crippen LogP contribution in [-0.2, 0) is 4.18 Å². The van der Waals surface area contributed by atoms with Gasteiger partial charge in [-0.3, -0.25) is 9.97 Å². The van der Waals surface area contributed by atoms with E-state index in [2.05, 4.69) is 46.1 Å². The summed E-state index contributed by atoms with van der Waals surface area (Å²) >= 11 is 2.09. The second-order valence-electron chi connectivity index (χ2n) is 8.61. The number of rotatable bonds is 9. The first kappa shape index (κ1) is 26.0. The van der Waals surface area contributed by atoms with E-state index in [0.29, 0.717) is 23.4 Å². The van der Waals surface area contributed by atoms with Crippen LogP contribution in [0.5, 0.6) is 0 Å². The molecule has 2 atom stereocenters. The van der Waals surface area contributed by atoms with Crippen LogP contribution in [0.2, 0.25) is 0 Å². The molecule has 0 bridgehead atoms. The molecule has 2 aromatic heterocycles. The van der Waals surface area contributed by atoms with Crippen LogP contribution < -0.4 is 0 Å². The van der Waals surface area contributed by atoms with Crippen molar-refractivity contribution in [2.75, 3.05) is 6.61 Å². The fraction of sp³-hybridized carbons (Fsp3) is 0.385. The van der Waals surface area contributed by atoms with Crippen molar-refractivity contribution in [1.29, 1.82) is 0 Å². The first-order valence-electron chi connectivity index (χ1n) is 11.1. The van der Waals surface area contributed by atoms with Gasteiger partial charge in [-0.25, -0.2) is 8.78 Å². The number of benzene rings is 1. The minimum Gasteiger partial charge on any atom is -0.304 e. The van der Waals surface area contributed by atoms with E-state index in [1.54, 1.807) is 12.3 Å². The highest BCUT2D eigenvalue weighted by atomic mass is 127. The highest BCUT2D eigenvalue weighted by Crippen LogP contribution is 2.37. The van der Waals surface area contributed by atoms with E-state index in [1.807, 2.05) is 39.1 Å². The Labute approximate surface area is 211 Å². The molecule has 0 spiro atoms. The van der Waals surface area contributed by atoms with Crippen molar-refractivity contribution in [1.82, 2.24) is 9.97 Å². The largest absolute Gasteiger partial charge is 0.304 e. The number of aromatic nitrogens is 2. The van der Waals surface area contributed by atoms with Gasteiger partial charge in [-0.15, -0.1) is 0 Å². The highest BCUT2D eigenvalue weighted by Gasteiger charge is 2.24. The van der Waals surface area contributed by atoms with Crippen molar-refractivity contribution in [3.63, 3.8) is 0 Å². The lowest BCUT2D eigenvalue weighted by Crippen LogP contribution is -2.13. The molecule has 0 N–H and O–H groups in total. The smallest absolute Gasteiger partial charge is 0.135 e. The quantitative estimate of drug-likeness (QED) is 0.187. The van der Waals surface area contributed by atoms with Gasteiger partial charge in [-0.05, 0) is 65.6 Å². The molecule has 0 saturated carbocycles.